The molecule has 0 heterocycles. The third-order valence-corrected chi connectivity index (χ3v) is 2.60. The monoisotopic (exact) mass is 245 g/mol. The lowest BCUT2D eigenvalue weighted by Crippen LogP contribution is -2.32. The lowest BCUT2D eigenvalue weighted by Gasteiger charge is -2.20. The third-order valence-electron chi connectivity index (χ3n) is 2.60. The molecule has 0 saturated carbocycles. The van der Waals surface area contributed by atoms with E-state index in [0.717, 1.165) is 24.8 Å². The molecule has 1 aromatic rings. The van der Waals surface area contributed by atoms with Crippen LogP contribution in [0, 0.1) is 0 Å². The van der Waals surface area contributed by atoms with Crippen molar-refractivity contribution in [3.63, 3.8) is 0 Å². The zero-order chi connectivity index (χ0) is 12.7. The van der Waals surface area contributed by atoms with Crippen molar-refractivity contribution in [3.8, 4) is 0 Å². The highest BCUT2D eigenvalue weighted by Crippen LogP contribution is 2.21. The molecule has 1 N–H and O–H groups in total. The van der Waals surface area contributed by atoms with Crippen molar-refractivity contribution in [3.05, 3.63) is 35.9 Å². The zero-order valence-corrected chi connectivity index (χ0v) is 9.93. The Morgan fingerprint density at radius 1 is 1.18 bits per heavy atom. The molecular formula is C13H18F3N. The molecular weight excluding hydrogens is 227 g/mol. The van der Waals surface area contributed by atoms with Crippen LogP contribution in [0.4, 0.5) is 13.2 Å². The third kappa shape index (κ3) is 5.73. The fourth-order valence-electron chi connectivity index (χ4n) is 1.72. The Morgan fingerprint density at radius 2 is 1.82 bits per heavy atom. The lowest BCUT2D eigenvalue weighted by molar-refractivity contribution is -0.126. The molecule has 0 aliphatic rings. The van der Waals surface area contributed by atoms with E-state index in [-0.39, 0.29) is 6.04 Å². The summed E-state index contributed by atoms with van der Waals surface area (Å²) in [5.74, 6) is 0. The second kappa shape index (κ2) is 6.64. The van der Waals surface area contributed by atoms with Gasteiger partial charge in [-0.15, -0.1) is 0 Å². The zero-order valence-electron chi connectivity index (χ0n) is 9.93. The first kappa shape index (κ1) is 14.0. The van der Waals surface area contributed by atoms with E-state index in [1.54, 1.807) is 0 Å². The van der Waals surface area contributed by atoms with Crippen LogP contribution in [0.2, 0.25) is 0 Å². The number of hydrogen-bond acceptors (Lipinski definition) is 1. The summed E-state index contributed by atoms with van der Waals surface area (Å²) < 4.78 is 36.6. The molecule has 17 heavy (non-hydrogen) atoms. The van der Waals surface area contributed by atoms with E-state index in [2.05, 4.69) is 5.32 Å². The second-order valence-corrected chi connectivity index (χ2v) is 4.10. The molecule has 0 aromatic heterocycles. The molecule has 1 nitrogen and oxygen atoms in total. The van der Waals surface area contributed by atoms with Gasteiger partial charge in [0.15, 0.2) is 0 Å². The average Bonchev–Trinajstić information content (AvgIpc) is 2.29. The molecule has 0 aliphatic carbocycles. The van der Waals surface area contributed by atoms with E-state index in [1.165, 1.54) is 0 Å². The Balaban J connectivity index is 2.61. The summed E-state index contributed by atoms with van der Waals surface area (Å²) in [5, 5.41) is 2.59. The molecule has 1 unspecified atom stereocenters. The predicted octanol–water partition coefficient (Wildman–Crippen LogP) is 4.07. The smallest absolute Gasteiger partial charge is 0.302 e. The second-order valence-electron chi connectivity index (χ2n) is 4.10. The van der Waals surface area contributed by atoms with E-state index in [1.807, 2.05) is 37.3 Å². The first-order chi connectivity index (χ1) is 8.03. The van der Waals surface area contributed by atoms with Gasteiger partial charge in [0, 0.05) is 6.04 Å². The summed E-state index contributed by atoms with van der Waals surface area (Å²) in [7, 11) is 0. The van der Waals surface area contributed by atoms with Crippen LogP contribution in [0.3, 0.4) is 0 Å². The van der Waals surface area contributed by atoms with E-state index < -0.39 is 12.7 Å². The topological polar surface area (TPSA) is 12.0 Å². The Bertz CT molecular complexity index is 308. The van der Waals surface area contributed by atoms with Crippen LogP contribution in [0.5, 0.6) is 0 Å². The highest BCUT2D eigenvalue weighted by Gasteiger charge is 2.28. The van der Waals surface area contributed by atoms with Gasteiger partial charge in [-0.3, -0.25) is 0 Å². The SMILES string of the molecule is CCCCC(NCC(F)(F)F)c1ccccc1. The quantitative estimate of drug-likeness (QED) is 0.796. The van der Waals surface area contributed by atoms with E-state index in [4.69, 9.17) is 0 Å². The first-order valence-corrected chi connectivity index (χ1v) is 5.88. The minimum absolute atomic E-state index is 0.210. The van der Waals surface area contributed by atoms with Crippen molar-refractivity contribution in [2.45, 2.75) is 38.4 Å². The molecule has 1 rings (SSSR count). The standard InChI is InChI=1S/C13H18F3N/c1-2-3-9-12(17-10-13(14,15)16)11-7-5-4-6-8-11/h4-8,12,17H,2-3,9-10H2,1H3. The van der Waals surface area contributed by atoms with Crippen LogP contribution < -0.4 is 5.32 Å². The normalized spacial score (nSPS) is 13.6. The number of rotatable bonds is 6. The molecule has 0 bridgehead atoms. The van der Waals surface area contributed by atoms with Crippen LogP contribution in [0.1, 0.15) is 37.8 Å². The van der Waals surface area contributed by atoms with Gasteiger partial charge in [0.2, 0.25) is 0 Å². The van der Waals surface area contributed by atoms with Gasteiger partial charge in [-0.05, 0) is 12.0 Å². The van der Waals surface area contributed by atoms with Crippen molar-refractivity contribution in [1.82, 2.24) is 5.32 Å². The summed E-state index contributed by atoms with van der Waals surface area (Å²) in [6.07, 6.45) is -1.52. The summed E-state index contributed by atoms with van der Waals surface area (Å²) >= 11 is 0. The Morgan fingerprint density at radius 3 is 2.35 bits per heavy atom. The van der Waals surface area contributed by atoms with E-state index in [9.17, 15) is 13.2 Å². The summed E-state index contributed by atoms with van der Waals surface area (Å²) in [4.78, 5) is 0. The van der Waals surface area contributed by atoms with E-state index >= 15 is 0 Å². The summed E-state index contributed by atoms with van der Waals surface area (Å²) in [5.41, 5.74) is 0.921. The van der Waals surface area contributed by atoms with Gasteiger partial charge in [0.25, 0.3) is 0 Å². The Hall–Kier alpha value is -1.03. The number of unbranched alkanes of at least 4 members (excludes halogenated alkanes) is 1. The molecule has 0 saturated heterocycles. The molecule has 1 aromatic carbocycles. The molecule has 0 amide bonds. The molecule has 0 fully saturated rings. The number of halogens is 3. The van der Waals surface area contributed by atoms with Crippen LogP contribution >= 0.6 is 0 Å². The highest BCUT2D eigenvalue weighted by atomic mass is 19.4. The predicted molar refractivity (Wildman–Crippen MR) is 62.8 cm³/mol. The molecule has 1 atom stereocenters. The summed E-state index contributed by atoms with van der Waals surface area (Å²) in [6.45, 7) is 1.10. The van der Waals surface area contributed by atoms with E-state index in [0.29, 0.717) is 0 Å². The maximum atomic E-state index is 12.2. The van der Waals surface area contributed by atoms with Gasteiger partial charge in [-0.25, -0.2) is 0 Å². The van der Waals surface area contributed by atoms with Crippen LogP contribution in [0.15, 0.2) is 30.3 Å². The van der Waals surface area contributed by atoms with Crippen LogP contribution in [-0.2, 0) is 0 Å². The van der Waals surface area contributed by atoms with Crippen LogP contribution in [0.25, 0.3) is 0 Å². The molecule has 0 spiro atoms. The highest BCUT2D eigenvalue weighted by molar-refractivity contribution is 5.18. The molecule has 0 radical (unpaired) electrons. The van der Waals surface area contributed by atoms with Gasteiger partial charge < -0.3 is 5.32 Å². The number of benzene rings is 1. The maximum absolute atomic E-state index is 12.2. The summed E-state index contributed by atoms with van der Waals surface area (Å²) in [6, 6.07) is 9.09. The largest absolute Gasteiger partial charge is 0.401 e. The molecule has 96 valence electrons. The fraction of sp³-hybridized carbons (Fsp3) is 0.538. The van der Waals surface area contributed by atoms with Gasteiger partial charge in [-0.2, -0.15) is 13.2 Å². The number of nitrogens with one attached hydrogen (secondary N) is 1. The van der Waals surface area contributed by atoms with Crippen LogP contribution in [-0.4, -0.2) is 12.7 Å². The lowest BCUT2D eigenvalue weighted by atomic mass is 10.0. The molecule has 4 heteroatoms. The van der Waals surface area contributed by atoms with Crippen molar-refractivity contribution in [2.75, 3.05) is 6.54 Å². The van der Waals surface area contributed by atoms with Gasteiger partial charge >= 0.3 is 6.18 Å². The van der Waals surface area contributed by atoms with Gasteiger partial charge in [0.1, 0.15) is 0 Å². The van der Waals surface area contributed by atoms with Crippen molar-refractivity contribution in [2.24, 2.45) is 0 Å². The minimum Gasteiger partial charge on any atom is -0.302 e. The minimum atomic E-state index is -4.15. The number of alkyl halides is 3. The van der Waals surface area contributed by atoms with Crippen molar-refractivity contribution < 1.29 is 13.2 Å². The molecule has 0 aliphatic heterocycles. The van der Waals surface area contributed by atoms with Crippen molar-refractivity contribution >= 4 is 0 Å². The average molecular weight is 245 g/mol. The number of hydrogen-bond donors (Lipinski definition) is 1. The first-order valence-electron chi connectivity index (χ1n) is 5.88. The maximum Gasteiger partial charge on any atom is 0.401 e. The van der Waals surface area contributed by atoms with Gasteiger partial charge in [0.05, 0.1) is 6.54 Å². The Labute approximate surface area is 100 Å². The van der Waals surface area contributed by atoms with Crippen molar-refractivity contribution in [1.29, 1.82) is 0 Å². The fourth-order valence-corrected chi connectivity index (χ4v) is 1.72. The Kier molecular flexibility index (Phi) is 5.48. The van der Waals surface area contributed by atoms with Gasteiger partial charge in [-0.1, -0.05) is 50.1 Å².